The Morgan fingerprint density at radius 3 is 0.576 bits per heavy atom. The highest BCUT2D eigenvalue weighted by atomic mass is 16.6. The van der Waals surface area contributed by atoms with Crippen molar-refractivity contribution in [2.45, 2.75) is 258 Å². The van der Waals surface area contributed by atoms with Gasteiger partial charge in [0.2, 0.25) is 11.8 Å². The monoisotopic (exact) mass is 943 g/mol. The zero-order valence-electron chi connectivity index (χ0n) is 43.5. The fraction of sp³-hybridized carbons (Fsp3) is 0.833. The molecule has 0 rings (SSSR count). The largest absolute Gasteiger partial charge is 0.460 e. The molecule has 18 heteroatoms. The minimum atomic E-state index is -1.78. The van der Waals surface area contributed by atoms with E-state index < -0.39 is 104 Å². The standard InChI is InChI=1S/C48H86N4O14/c1-41(2,3)61-31(53)19-25-47(26-20-32(54)62-42(4,5)6,27-21-33(55)63-43(7,8)9)51-39(59)37(49)38(50)40(60)52-48(28-22-34(56)64-44(10,11)12,29-23-35(57)65-45(13,14)15)30-24-36(58)66-46(16,17)18/h37-38H,19-30,49-50H2,1-18H3,(H,51,59)(H,52,60). The fourth-order valence-corrected chi connectivity index (χ4v) is 6.54. The van der Waals surface area contributed by atoms with E-state index in [0.29, 0.717) is 0 Å². The Kier molecular flexibility index (Phi) is 23.0. The van der Waals surface area contributed by atoms with Crippen LogP contribution >= 0.6 is 0 Å². The number of nitrogens with one attached hydrogen (secondary N) is 2. The minimum absolute atomic E-state index is 0.128. The third kappa shape index (κ3) is 29.3. The maximum Gasteiger partial charge on any atom is 0.306 e. The lowest BCUT2D eigenvalue weighted by Gasteiger charge is -2.38. The summed E-state index contributed by atoms with van der Waals surface area (Å²) in [5, 5.41) is 5.68. The van der Waals surface area contributed by atoms with Gasteiger partial charge in [-0.2, -0.15) is 0 Å². The molecule has 66 heavy (non-hydrogen) atoms. The molecule has 0 aromatic carbocycles. The molecule has 18 nitrogen and oxygen atoms in total. The molecule has 0 saturated carbocycles. The predicted molar refractivity (Wildman–Crippen MR) is 248 cm³/mol. The van der Waals surface area contributed by atoms with E-state index in [2.05, 4.69) is 10.6 Å². The zero-order chi connectivity index (χ0) is 51.9. The molecule has 0 saturated heterocycles. The fourth-order valence-electron chi connectivity index (χ4n) is 6.54. The quantitative estimate of drug-likeness (QED) is 0.0667. The van der Waals surface area contributed by atoms with Crippen LogP contribution < -0.4 is 22.1 Å². The van der Waals surface area contributed by atoms with Gasteiger partial charge >= 0.3 is 35.8 Å². The summed E-state index contributed by atoms with van der Waals surface area (Å²) in [6, 6.07) is -3.57. The van der Waals surface area contributed by atoms with Gasteiger partial charge in [0.25, 0.3) is 0 Å². The number of rotatable bonds is 23. The van der Waals surface area contributed by atoms with E-state index >= 15 is 0 Å². The van der Waals surface area contributed by atoms with Crippen LogP contribution in [0.25, 0.3) is 0 Å². The van der Waals surface area contributed by atoms with Gasteiger partial charge in [0.05, 0.1) is 0 Å². The van der Waals surface area contributed by atoms with Gasteiger partial charge in [0, 0.05) is 49.6 Å². The first-order valence-electron chi connectivity index (χ1n) is 22.9. The van der Waals surface area contributed by atoms with Crippen molar-refractivity contribution in [2.24, 2.45) is 11.5 Å². The van der Waals surface area contributed by atoms with Gasteiger partial charge in [-0.1, -0.05) is 0 Å². The Bertz CT molecular complexity index is 1390. The lowest BCUT2D eigenvalue weighted by atomic mass is 9.82. The molecule has 0 aliphatic heterocycles. The van der Waals surface area contributed by atoms with Gasteiger partial charge in [-0.25, -0.2) is 0 Å². The van der Waals surface area contributed by atoms with Crippen LogP contribution in [0.5, 0.6) is 0 Å². The first kappa shape index (κ1) is 61.7. The third-order valence-electron chi connectivity index (χ3n) is 9.14. The van der Waals surface area contributed by atoms with Crippen LogP contribution in [-0.2, 0) is 66.8 Å². The SMILES string of the molecule is CC(C)(C)OC(=O)CCC(CCC(=O)OC(C)(C)C)(CCC(=O)OC(C)(C)C)NC(=O)C(N)C(N)C(=O)NC(CCC(=O)OC(C)(C)C)(CCC(=O)OC(C)(C)C)CCC(=O)OC(C)(C)C. The maximum absolute atomic E-state index is 14.3. The molecule has 0 radical (unpaired) electrons. The highest BCUT2D eigenvalue weighted by Crippen LogP contribution is 2.31. The summed E-state index contributed by atoms with van der Waals surface area (Å²) in [5.74, 6) is -5.61. The van der Waals surface area contributed by atoms with Crippen molar-refractivity contribution in [3.8, 4) is 0 Å². The number of esters is 6. The molecule has 0 spiro atoms. The first-order chi connectivity index (χ1) is 29.4. The van der Waals surface area contributed by atoms with Gasteiger partial charge in [-0.15, -0.1) is 0 Å². The van der Waals surface area contributed by atoms with Crippen molar-refractivity contribution in [1.29, 1.82) is 0 Å². The molecule has 2 atom stereocenters. The van der Waals surface area contributed by atoms with Crippen LogP contribution in [0.15, 0.2) is 0 Å². The maximum atomic E-state index is 14.3. The van der Waals surface area contributed by atoms with E-state index in [0.717, 1.165) is 0 Å². The minimum Gasteiger partial charge on any atom is -0.460 e. The van der Waals surface area contributed by atoms with Crippen LogP contribution in [0.2, 0.25) is 0 Å². The van der Waals surface area contributed by atoms with Crippen molar-refractivity contribution in [3.63, 3.8) is 0 Å². The zero-order valence-corrected chi connectivity index (χ0v) is 43.5. The molecule has 382 valence electrons. The van der Waals surface area contributed by atoms with E-state index in [1.54, 1.807) is 125 Å². The predicted octanol–water partition coefficient (Wildman–Crippen LogP) is 6.08. The summed E-state index contributed by atoms with van der Waals surface area (Å²) in [6.07, 6.45) is -2.29. The van der Waals surface area contributed by atoms with Gasteiger partial charge in [0.15, 0.2) is 0 Å². The normalized spacial score (nSPS) is 13.9. The van der Waals surface area contributed by atoms with Crippen molar-refractivity contribution >= 4 is 47.6 Å². The van der Waals surface area contributed by atoms with Crippen LogP contribution in [0.4, 0.5) is 0 Å². The molecular weight excluding hydrogens is 857 g/mol. The average Bonchev–Trinajstić information content (AvgIpc) is 3.07. The Balaban J connectivity index is 7.22. The Labute approximate surface area is 394 Å². The summed E-state index contributed by atoms with van der Waals surface area (Å²) >= 11 is 0. The summed E-state index contributed by atoms with van der Waals surface area (Å²) in [6.45, 7) is 30.5. The topological polar surface area (TPSA) is 268 Å². The summed E-state index contributed by atoms with van der Waals surface area (Å²) < 4.78 is 33.2. The van der Waals surface area contributed by atoms with Crippen molar-refractivity contribution in [1.82, 2.24) is 10.6 Å². The summed E-state index contributed by atoms with van der Waals surface area (Å²) in [5.41, 5.74) is 4.90. The molecule has 0 aromatic rings. The molecule has 0 aromatic heterocycles. The second-order valence-electron chi connectivity index (χ2n) is 23.1. The highest BCUT2D eigenvalue weighted by Gasteiger charge is 2.41. The van der Waals surface area contributed by atoms with Gasteiger partial charge < -0.3 is 50.5 Å². The smallest absolute Gasteiger partial charge is 0.306 e. The van der Waals surface area contributed by atoms with E-state index in [1.807, 2.05) is 0 Å². The Hall–Kier alpha value is -4.32. The number of amides is 2. The van der Waals surface area contributed by atoms with Crippen molar-refractivity contribution in [3.05, 3.63) is 0 Å². The average molecular weight is 943 g/mol. The second kappa shape index (κ2) is 24.6. The number of nitrogens with two attached hydrogens (primary N) is 2. The molecule has 6 N–H and O–H groups in total. The molecule has 0 bridgehead atoms. The Morgan fingerprint density at radius 1 is 0.318 bits per heavy atom. The van der Waals surface area contributed by atoms with Crippen LogP contribution in [-0.4, -0.2) is 104 Å². The van der Waals surface area contributed by atoms with Gasteiger partial charge in [0.1, 0.15) is 45.7 Å². The van der Waals surface area contributed by atoms with Crippen LogP contribution in [0.3, 0.4) is 0 Å². The third-order valence-corrected chi connectivity index (χ3v) is 9.14. The molecule has 2 unspecified atom stereocenters. The van der Waals surface area contributed by atoms with E-state index in [4.69, 9.17) is 39.9 Å². The van der Waals surface area contributed by atoms with Crippen molar-refractivity contribution < 1.29 is 66.8 Å². The van der Waals surface area contributed by atoms with Crippen LogP contribution in [0.1, 0.15) is 202 Å². The lowest BCUT2D eigenvalue weighted by molar-refractivity contribution is -0.158. The Morgan fingerprint density at radius 2 is 0.455 bits per heavy atom. The number of hydrogen-bond donors (Lipinski definition) is 4. The molecule has 0 fully saturated rings. The molecular formula is C48H86N4O14. The number of ether oxygens (including phenoxy) is 6. The molecule has 0 aliphatic carbocycles. The first-order valence-corrected chi connectivity index (χ1v) is 22.9. The number of hydrogen-bond acceptors (Lipinski definition) is 16. The van der Waals surface area contributed by atoms with E-state index in [-0.39, 0.29) is 77.0 Å². The second-order valence-corrected chi connectivity index (χ2v) is 23.1. The van der Waals surface area contributed by atoms with E-state index in [1.165, 1.54) is 0 Å². The number of carbonyl (C=O) groups is 8. The molecule has 2 amide bonds. The van der Waals surface area contributed by atoms with Crippen LogP contribution in [0, 0.1) is 0 Å². The number of carbonyl (C=O) groups excluding carboxylic acids is 8. The van der Waals surface area contributed by atoms with Gasteiger partial charge in [-0.3, -0.25) is 38.4 Å². The summed E-state index contributed by atoms with van der Waals surface area (Å²) in [4.78, 5) is 107. The lowest BCUT2D eigenvalue weighted by Crippen LogP contribution is -2.64. The highest BCUT2D eigenvalue weighted by molar-refractivity contribution is 5.93. The van der Waals surface area contributed by atoms with E-state index in [9.17, 15) is 38.4 Å². The molecule has 0 heterocycles. The molecule has 0 aliphatic rings. The summed E-state index contributed by atoms with van der Waals surface area (Å²) in [7, 11) is 0. The van der Waals surface area contributed by atoms with Gasteiger partial charge in [-0.05, 0) is 163 Å². The van der Waals surface area contributed by atoms with Crippen molar-refractivity contribution in [2.75, 3.05) is 0 Å².